The summed E-state index contributed by atoms with van der Waals surface area (Å²) in [5.41, 5.74) is 7.37. The Morgan fingerprint density at radius 3 is 2.95 bits per heavy atom. The molecule has 0 saturated carbocycles. The van der Waals surface area contributed by atoms with E-state index in [1.807, 2.05) is 40.8 Å². The molecule has 3 rings (SSSR count). The number of likely N-dealkylation sites (tertiary alicyclic amines) is 1. The number of nitrogens with zero attached hydrogens (tertiary/aromatic N) is 3. The van der Waals surface area contributed by atoms with Crippen LogP contribution in [-0.2, 0) is 18.3 Å². The number of alkyl halides is 1. The quantitative estimate of drug-likeness (QED) is 0.914. The number of fused-ring (bicyclic) bond motifs is 1. The maximum Gasteiger partial charge on any atom is 0.234 e. The molecule has 0 spiro atoms. The van der Waals surface area contributed by atoms with Gasteiger partial charge in [0.2, 0.25) is 5.91 Å². The van der Waals surface area contributed by atoms with Crippen LogP contribution in [0.3, 0.4) is 0 Å². The zero-order valence-electron chi connectivity index (χ0n) is 12.0. The highest BCUT2D eigenvalue weighted by atomic mass is 19.1. The number of halogens is 1. The molecule has 1 aliphatic rings. The Kier molecular flexibility index (Phi) is 3.63. The van der Waals surface area contributed by atoms with E-state index in [-0.39, 0.29) is 13.0 Å². The zero-order valence-corrected chi connectivity index (χ0v) is 12.0. The molecule has 2 N–H and O–H groups in total. The number of primary amides is 1. The molecule has 0 bridgehead atoms. The third-order valence-electron chi connectivity index (χ3n) is 4.18. The van der Waals surface area contributed by atoms with Gasteiger partial charge in [0.25, 0.3) is 0 Å². The summed E-state index contributed by atoms with van der Waals surface area (Å²) >= 11 is 0. The Morgan fingerprint density at radius 2 is 2.24 bits per heavy atom. The van der Waals surface area contributed by atoms with Crippen LogP contribution < -0.4 is 5.73 Å². The van der Waals surface area contributed by atoms with Gasteiger partial charge in [-0.2, -0.15) is 0 Å². The number of carbonyl (C=O) groups excluding carboxylic acids is 1. The number of benzene rings is 1. The van der Waals surface area contributed by atoms with Crippen LogP contribution in [0.2, 0.25) is 0 Å². The first-order valence-corrected chi connectivity index (χ1v) is 7.14. The normalized spacial score (nSPS) is 23.0. The highest BCUT2D eigenvalue weighted by Gasteiger charge is 2.35. The van der Waals surface area contributed by atoms with Crippen molar-refractivity contribution in [2.75, 3.05) is 13.1 Å². The number of aryl methyl sites for hydroxylation is 1. The van der Waals surface area contributed by atoms with Gasteiger partial charge in [-0.05, 0) is 12.1 Å². The number of nitrogens with two attached hydrogens (primary N) is 1. The highest BCUT2D eigenvalue weighted by Crippen LogP contribution is 2.21. The minimum absolute atomic E-state index is 0.206. The molecule has 21 heavy (non-hydrogen) atoms. The first-order chi connectivity index (χ1) is 10.1. The lowest BCUT2D eigenvalue weighted by molar-refractivity contribution is -0.122. The fourth-order valence-electron chi connectivity index (χ4n) is 3.05. The molecule has 112 valence electrons. The van der Waals surface area contributed by atoms with E-state index in [1.165, 1.54) is 0 Å². The average Bonchev–Trinajstić information content (AvgIpc) is 2.98. The van der Waals surface area contributed by atoms with Crippen molar-refractivity contribution in [2.24, 2.45) is 12.8 Å². The topological polar surface area (TPSA) is 64.2 Å². The van der Waals surface area contributed by atoms with Gasteiger partial charge < -0.3 is 10.3 Å². The predicted molar refractivity (Wildman–Crippen MR) is 78.5 cm³/mol. The van der Waals surface area contributed by atoms with Crippen LogP contribution in [-0.4, -0.2) is 45.7 Å². The van der Waals surface area contributed by atoms with E-state index in [1.54, 1.807) is 0 Å². The van der Waals surface area contributed by atoms with Gasteiger partial charge >= 0.3 is 0 Å². The number of para-hydroxylation sites is 2. The molecule has 1 aliphatic heterocycles. The lowest BCUT2D eigenvalue weighted by Gasteiger charge is -2.20. The van der Waals surface area contributed by atoms with Crippen LogP contribution in [0.15, 0.2) is 24.3 Å². The van der Waals surface area contributed by atoms with E-state index in [0.29, 0.717) is 13.0 Å². The van der Waals surface area contributed by atoms with Crippen molar-refractivity contribution in [2.45, 2.75) is 25.1 Å². The van der Waals surface area contributed by atoms with Crippen molar-refractivity contribution < 1.29 is 9.18 Å². The molecule has 1 amide bonds. The van der Waals surface area contributed by atoms with E-state index < -0.39 is 18.1 Å². The summed E-state index contributed by atoms with van der Waals surface area (Å²) < 4.78 is 15.5. The number of carbonyl (C=O) groups is 1. The monoisotopic (exact) mass is 290 g/mol. The zero-order chi connectivity index (χ0) is 15.0. The van der Waals surface area contributed by atoms with Crippen molar-refractivity contribution in [3.05, 3.63) is 30.1 Å². The number of hydrogen-bond acceptors (Lipinski definition) is 3. The Hall–Kier alpha value is -1.95. The number of hydrogen-bond donors (Lipinski definition) is 1. The van der Waals surface area contributed by atoms with Gasteiger partial charge in [-0.3, -0.25) is 9.69 Å². The smallest absolute Gasteiger partial charge is 0.234 e. The van der Waals surface area contributed by atoms with Gasteiger partial charge in [-0.25, -0.2) is 9.37 Å². The SMILES string of the molecule is Cn1c(CCN2C[C@H](F)C[C@H]2C(N)=O)nc2ccccc21. The van der Waals surface area contributed by atoms with Crippen molar-refractivity contribution in [1.82, 2.24) is 14.5 Å². The van der Waals surface area contributed by atoms with E-state index in [0.717, 1.165) is 16.9 Å². The molecule has 0 unspecified atom stereocenters. The Labute approximate surface area is 122 Å². The number of aromatic nitrogens is 2. The van der Waals surface area contributed by atoms with E-state index in [9.17, 15) is 9.18 Å². The summed E-state index contributed by atoms with van der Waals surface area (Å²) in [6.45, 7) is 0.864. The number of amides is 1. The van der Waals surface area contributed by atoms with Crippen LogP contribution in [0.25, 0.3) is 11.0 Å². The second-order valence-electron chi connectivity index (χ2n) is 5.57. The fourth-order valence-corrected chi connectivity index (χ4v) is 3.05. The summed E-state index contributed by atoms with van der Waals surface area (Å²) in [5, 5.41) is 0. The fraction of sp³-hybridized carbons (Fsp3) is 0.467. The number of imidazole rings is 1. The molecule has 1 fully saturated rings. The Morgan fingerprint density at radius 1 is 1.48 bits per heavy atom. The first kappa shape index (κ1) is 14.0. The molecule has 0 radical (unpaired) electrons. The Balaban J connectivity index is 1.74. The Bertz CT molecular complexity index is 669. The average molecular weight is 290 g/mol. The van der Waals surface area contributed by atoms with Crippen molar-refractivity contribution in [1.29, 1.82) is 0 Å². The van der Waals surface area contributed by atoms with Crippen molar-refractivity contribution in [3.8, 4) is 0 Å². The molecule has 2 aromatic rings. The molecule has 6 heteroatoms. The van der Waals surface area contributed by atoms with Crippen LogP contribution in [0.1, 0.15) is 12.2 Å². The van der Waals surface area contributed by atoms with Gasteiger partial charge in [-0.15, -0.1) is 0 Å². The second-order valence-corrected chi connectivity index (χ2v) is 5.57. The maximum atomic E-state index is 13.5. The summed E-state index contributed by atoms with van der Waals surface area (Å²) in [7, 11) is 1.97. The van der Waals surface area contributed by atoms with Crippen LogP contribution in [0.5, 0.6) is 0 Å². The van der Waals surface area contributed by atoms with Gasteiger partial charge in [0.15, 0.2) is 0 Å². The molecule has 0 aliphatic carbocycles. The third-order valence-corrected chi connectivity index (χ3v) is 4.18. The van der Waals surface area contributed by atoms with Crippen molar-refractivity contribution in [3.63, 3.8) is 0 Å². The summed E-state index contributed by atoms with van der Waals surface area (Å²) in [6, 6.07) is 7.43. The van der Waals surface area contributed by atoms with Gasteiger partial charge in [0.05, 0.1) is 17.1 Å². The van der Waals surface area contributed by atoms with Gasteiger partial charge in [-0.1, -0.05) is 12.1 Å². The van der Waals surface area contributed by atoms with E-state index >= 15 is 0 Å². The van der Waals surface area contributed by atoms with E-state index in [4.69, 9.17) is 5.73 Å². The van der Waals surface area contributed by atoms with Gasteiger partial charge in [0.1, 0.15) is 12.0 Å². The molecule has 1 aromatic heterocycles. The lowest BCUT2D eigenvalue weighted by atomic mass is 10.2. The summed E-state index contributed by atoms with van der Waals surface area (Å²) in [4.78, 5) is 17.8. The summed E-state index contributed by atoms with van der Waals surface area (Å²) in [6.07, 6.45) is -0.0949. The van der Waals surface area contributed by atoms with Crippen molar-refractivity contribution >= 4 is 16.9 Å². The molecule has 2 atom stereocenters. The third kappa shape index (κ3) is 2.63. The molecular formula is C15H19FN4O. The second kappa shape index (κ2) is 5.44. The molecular weight excluding hydrogens is 271 g/mol. The van der Waals surface area contributed by atoms with Crippen LogP contribution in [0.4, 0.5) is 4.39 Å². The minimum atomic E-state index is -0.969. The largest absolute Gasteiger partial charge is 0.368 e. The predicted octanol–water partition coefficient (Wildman–Crippen LogP) is 1.01. The highest BCUT2D eigenvalue weighted by molar-refractivity contribution is 5.80. The first-order valence-electron chi connectivity index (χ1n) is 7.14. The van der Waals surface area contributed by atoms with Crippen LogP contribution in [0, 0.1) is 0 Å². The maximum absolute atomic E-state index is 13.5. The standard InChI is InChI=1S/C15H19FN4O/c1-19-12-5-3-2-4-11(12)18-14(19)6-7-20-9-10(16)8-13(20)15(17)21/h2-5,10,13H,6-9H2,1H3,(H2,17,21)/t10-,13+/m1/s1. The van der Waals surface area contributed by atoms with E-state index in [2.05, 4.69) is 4.98 Å². The lowest BCUT2D eigenvalue weighted by Crippen LogP contribution is -2.41. The summed E-state index contributed by atoms with van der Waals surface area (Å²) in [5.74, 6) is 0.488. The minimum Gasteiger partial charge on any atom is -0.368 e. The van der Waals surface area contributed by atoms with Crippen LogP contribution >= 0.6 is 0 Å². The molecule has 1 aromatic carbocycles. The molecule has 1 saturated heterocycles. The molecule has 2 heterocycles. The number of rotatable bonds is 4. The molecule has 5 nitrogen and oxygen atoms in total. The van der Waals surface area contributed by atoms with Gasteiger partial charge in [0, 0.05) is 33.0 Å².